The molecule has 130 valence electrons. The number of hydrogen-bond donors (Lipinski definition) is 0. The molecule has 0 saturated carbocycles. The van der Waals surface area contributed by atoms with E-state index >= 15 is 0 Å². The Labute approximate surface area is 139 Å². The lowest BCUT2D eigenvalue weighted by atomic mass is 9.78. The summed E-state index contributed by atoms with van der Waals surface area (Å²) >= 11 is 0. The van der Waals surface area contributed by atoms with Gasteiger partial charge in [0.25, 0.3) is 0 Å². The maximum atomic E-state index is 6.23. The van der Waals surface area contributed by atoms with Crippen molar-refractivity contribution in [2.24, 2.45) is 5.92 Å². The third-order valence-corrected chi connectivity index (χ3v) is 5.56. The SMILES string of the molecule is COCC[C@H]1CCOC12CCN(Cc1cnn(C(C)C)c1)CC2. The normalized spacial score (nSPS) is 24.8. The van der Waals surface area contributed by atoms with Gasteiger partial charge in [-0.3, -0.25) is 9.58 Å². The third-order valence-electron chi connectivity index (χ3n) is 5.56. The van der Waals surface area contributed by atoms with Gasteiger partial charge in [-0.2, -0.15) is 5.10 Å². The number of piperidine rings is 1. The Bertz CT molecular complexity index is 492. The van der Waals surface area contributed by atoms with Crippen molar-refractivity contribution < 1.29 is 9.47 Å². The van der Waals surface area contributed by atoms with Crippen molar-refractivity contribution in [3.63, 3.8) is 0 Å². The molecular weight excluding hydrogens is 290 g/mol. The molecule has 2 fully saturated rings. The largest absolute Gasteiger partial charge is 0.385 e. The van der Waals surface area contributed by atoms with E-state index in [0.29, 0.717) is 12.0 Å². The number of rotatable bonds is 6. The minimum atomic E-state index is 0.122. The Morgan fingerprint density at radius 1 is 1.39 bits per heavy atom. The molecular formula is C18H31N3O2. The molecule has 5 nitrogen and oxygen atoms in total. The van der Waals surface area contributed by atoms with E-state index in [2.05, 4.69) is 30.0 Å². The third kappa shape index (κ3) is 3.78. The second-order valence-electron chi connectivity index (χ2n) is 7.38. The molecule has 3 rings (SSSR count). The fourth-order valence-electron chi connectivity index (χ4n) is 4.09. The van der Waals surface area contributed by atoms with Crippen molar-refractivity contribution >= 4 is 0 Å². The monoisotopic (exact) mass is 321 g/mol. The first-order valence-electron chi connectivity index (χ1n) is 9.01. The molecule has 1 aromatic rings. The summed E-state index contributed by atoms with van der Waals surface area (Å²) in [5.74, 6) is 0.674. The van der Waals surface area contributed by atoms with Gasteiger partial charge < -0.3 is 9.47 Å². The van der Waals surface area contributed by atoms with Crippen LogP contribution in [0.4, 0.5) is 0 Å². The van der Waals surface area contributed by atoms with Gasteiger partial charge in [0.1, 0.15) is 0 Å². The predicted molar refractivity (Wildman–Crippen MR) is 90.4 cm³/mol. The maximum absolute atomic E-state index is 6.23. The number of likely N-dealkylation sites (tertiary alicyclic amines) is 1. The molecule has 3 heterocycles. The van der Waals surface area contributed by atoms with Crippen LogP contribution in [0.3, 0.4) is 0 Å². The number of hydrogen-bond acceptors (Lipinski definition) is 4. The quantitative estimate of drug-likeness (QED) is 0.808. The van der Waals surface area contributed by atoms with E-state index in [-0.39, 0.29) is 5.60 Å². The van der Waals surface area contributed by atoms with Gasteiger partial charge in [0.15, 0.2) is 0 Å². The lowest BCUT2D eigenvalue weighted by Gasteiger charge is -2.42. The summed E-state index contributed by atoms with van der Waals surface area (Å²) in [6.45, 7) is 9.36. The van der Waals surface area contributed by atoms with E-state index in [1.807, 2.05) is 10.9 Å². The molecule has 0 unspecified atom stereocenters. The van der Waals surface area contributed by atoms with Crippen LogP contribution >= 0.6 is 0 Å². The topological polar surface area (TPSA) is 39.5 Å². The Morgan fingerprint density at radius 2 is 2.17 bits per heavy atom. The fourth-order valence-corrected chi connectivity index (χ4v) is 4.09. The van der Waals surface area contributed by atoms with Crippen molar-refractivity contribution in [2.75, 3.05) is 33.4 Å². The molecule has 1 aromatic heterocycles. The standard InChI is InChI=1S/C18H31N3O2/c1-15(2)21-14-16(12-19-21)13-20-8-6-18(7-9-20)17(4-10-22-3)5-11-23-18/h12,14-15,17H,4-11,13H2,1-3H3/t17-/m0/s1. The lowest BCUT2D eigenvalue weighted by Crippen LogP contribution is -2.47. The van der Waals surface area contributed by atoms with Crippen molar-refractivity contribution in [2.45, 2.75) is 57.7 Å². The van der Waals surface area contributed by atoms with Gasteiger partial charge in [-0.15, -0.1) is 0 Å². The van der Waals surface area contributed by atoms with Gasteiger partial charge in [0.05, 0.1) is 11.8 Å². The molecule has 0 amide bonds. The van der Waals surface area contributed by atoms with Crippen LogP contribution in [0.5, 0.6) is 0 Å². The van der Waals surface area contributed by atoms with Crippen molar-refractivity contribution in [1.82, 2.24) is 14.7 Å². The summed E-state index contributed by atoms with van der Waals surface area (Å²) in [4.78, 5) is 2.54. The van der Waals surface area contributed by atoms with Crippen LogP contribution in [0.25, 0.3) is 0 Å². The van der Waals surface area contributed by atoms with Crippen LogP contribution in [0.15, 0.2) is 12.4 Å². The van der Waals surface area contributed by atoms with Gasteiger partial charge in [0, 0.05) is 57.8 Å². The van der Waals surface area contributed by atoms with E-state index in [0.717, 1.165) is 52.1 Å². The molecule has 5 heteroatoms. The van der Waals surface area contributed by atoms with Crippen LogP contribution in [0.1, 0.15) is 51.1 Å². The summed E-state index contributed by atoms with van der Waals surface area (Å²) < 4.78 is 13.6. The van der Waals surface area contributed by atoms with Gasteiger partial charge in [-0.05, 0) is 45.4 Å². The average molecular weight is 321 g/mol. The van der Waals surface area contributed by atoms with Crippen LogP contribution in [0, 0.1) is 5.92 Å². The number of nitrogens with zero attached hydrogens (tertiary/aromatic N) is 3. The molecule has 0 aliphatic carbocycles. The van der Waals surface area contributed by atoms with E-state index in [1.54, 1.807) is 7.11 Å². The number of aromatic nitrogens is 2. The highest BCUT2D eigenvalue weighted by Crippen LogP contribution is 2.42. The molecule has 0 aromatic carbocycles. The summed E-state index contributed by atoms with van der Waals surface area (Å²) in [6.07, 6.45) is 8.84. The first-order chi connectivity index (χ1) is 11.1. The van der Waals surface area contributed by atoms with E-state index in [9.17, 15) is 0 Å². The van der Waals surface area contributed by atoms with Crippen LogP contribution in [-0.4, -0.2) is 53.7 Å². The molecule has 1 atom stereocenters. The van der Waals surface area contributed by atoms with Gasteiger partial charge >= 0.3 is 0 Å². The Balaban J connectivity index is 1.53. The first-order valence-corrected chi connectivity index (χ1v) is 9.01. The van der Waals surface area contributed by atoms with E-state index in [1.165, 1.54) is 12.0 Å². The van der Waals surface area contributed by atoms with Gasteiger partial charge in [-0.25, -0.2) is 0 Å². The molecule has 2 aliphatic heterocycles. The first kappa shape index (κ1) is 16.9. The minimum Gasteiger partial charge on any atom is -0.385 e. The lowest BCUT2D eigenvalue weighted by molar-refractivity contribution is -0.0721. The van der Waals surface area contributed by atoms with Crippen molar-refractivity contribution in [3.05, 3.63) is 18.0 Å². The molecule has 2 saturated heterocycles. The van der Waals surface area contributed by atoms with E-state index < -0.39 is 0 Å². The molecule has 23 heavy (non-hydrogen) atoms. The Hall–Kier alpha value is -0.910. The van der Waals surface area contributed by atoms with Gasteiger partial charge in [0.2, 0.25) is 0 Å². The number of ether oxygens (including phenoxy) is 2. The molecule has 0 bridgehead atoms. The average Bonchev–Trinajstić information content (AvgIpc) is 3.15. The van der Waals surface area contributed by atoms with Crippen molar-refractivity contribution in [1.29, 1.82) is 0 Å². The van der Waals surface area contributed by atoms with Crippen LogP contribution < -0.4 is 0 Å². The second kappa shape index (κ2) is 7.32. The van der Waals surface area contributed by atoms with E-state index in [4.69, 9.17) is 9.47 Å². The highest BCUT2D eigenvalue weighted by Gasteiger charge is 2.45. The summed E-state index contributed by atoms with van der Waals surface area (Å²) in [6, 6.07) is 0.432. The fraction of sp³-hybridized carbons (Fsp3) is 0.833. The van der Waals surface area contributed by atoms with Crippen molar-refractivity contribution in [3.8, 4) is 0 Å². The number of methoxy groups -OCH3 is 1. The van der Waals surface area contributed by atoms with Crippen LogP contribution in [-0.2, 0) is 16.0 Å². The minimum absolute atomic E-state index is 0.122. The maximum Gasteiger partial charge on any atom is 0.0736 e. The molecule has 2 aliphatic rings. The molecule has 0 radical (unpaired) electrons. The molecule has 0 N–H and O–H groups in total. The Kier molecular flexibility index (Phi) is 5.39. The summed E-state index contributed by atoms with van der Waals surface area (Å²) in [7, 11) is 1.79. The highest BCUT2D eigenvalue weighted by molar-refractivity contribution is 5.05. The zero-order valence-electron chi connectivity index (χ0n) is 14.8. The van der Waals surface area contributed by atoms with Crippen LogP contribution in [0.2, 0.25) is 0 Å². The highest BCUT2D eigenvalue weighted by atomic mass is 16.5. The second-order valence-corrected chi connectivity index (χ2v) is 7.38. The zero-order chi connectivity index (χ0) is 16.3. The van der Waals surface area contributed by atoms with Gasteiger partial charge in [-0.1, -0.05) is 0 Å². The Morgan fingerprint density at radius 3 is 2.83 bits per heavy atom. The predicted octanol–water partition coefficient (Wildman–Crippen LogP) is 2.87. The summed E-state index contributed by atoms with van der Waals surface area (Å²) in [5, 5.41) is 4.45. The zero-order valence-corrected chi connectivity index (χ0v) is 14.8. The molecule has 1 spiro atoms. The summed E-state index contributed by atoms with van der Waals surface area (Å²) in [5.41, 5.74) is 1.44. The smallest absolute Gasteiger partial charge is 0.0736 e.